The Balaban J connectivity index is 2.02. The monoisotopic (exact) mass is 220 g/mol. The number of furan rings is 1. The minimum Gasteiger partial charge on any atom is -0.459 e. The molecular weight excluding hydrogens is 208 g/mol. The van der Waals surface area contributed by atoms with Crippen molar-refractivity contribution in [2.24, 2.45) is 0 Å². The third kappa shape index (κ3) is 1.60. The van der Waals surface area contributed by atoms with Gasteiger partial charge in [-0.05, 0) is 19.1 Å². The molecule has 0 amide bonds. The first-order valence-electron chi connectivity index (χ1n) is 5.09. The summed E-state index contributed by atoms with van der Waals surface area (Å²) in [5.41, 5.74) is 1.24. The molecule has 0 atom stereocenters. The van der Waals surface area contributed by atoms with E-state index in [1.807, 2.05) is 19.1 Å². The quantitative estimate of drug-likeness (QED) is 0.801. The van der Waals surface area contributed by atoms with Crippen molar-refractivity contribution < 1.29 is 4.42 Å². The number of hydrogen-bond acceptors (Lipinski definition) is 4. The SMILES string of the molecule is Cc1ccc(-c2nc3c(s2)CNCC3)o1. The van der Waals surface area contributed by atoms with Crippen LogP contribution in [-0.4, -0.2) is 11.5 Å². The van der Waals surface area contributed by atoms with Crippen LogP contribution in [0.5, 0.6) is 0 Å². The van der Waals surface area contributed by atoms with Crippen LogP contribution in [0.15, 0.2) is 16.5 Å². The van der Waals surface area contributed by atoms with Gasteiger partial charge in [-0.2, -0.15) is 0 Å². The lowest BCUT2D eigenvalue weighted by Crippen LogP contribution is -2.22. The van der Waals surface area contributed by atoms with Gasteiger partial charge in [0.05, 0.1) is 5.69 Å². The van der Waals surface area contributed by atoms with E-state index in [4.69, 9.17) is 4.42 Å². The Labute approximate surface area is 92.1 Å². The lowest BCUT2D eigenvalue weighted by atomic mass is 10.2. The molecule has 0 bridgehead atoms. The first kappa shape index (κ1) is 9.12. The number of fused-ring (bicyclic) bond motifs is 1. The standard InChI is InChI=1S/C11H12N2OS/c1-7-2-3-9(14-7)11-13-8-4-5-12-6-10(8)15-11/h2-3,12H,4-6H2,1H3. The summed E-state index contributed by atoms with van der Waals surface area (Å²) in [5.74, 6) is 1.84. The molecule has 0 aliphatic carbocycles. The van der Waals surface area contributed by atoms with Crippen LogP contribution in [-0.2, 0) is 13.0 Å². The molecule has 3 rings (SSSR count). The fourth-order valence-electron chi connectivity index (χ4n) is 1.78. The molecule has 0 saturated carbocycles. The number of aromatic nitrogens is 1. The Hall–Kier alpha value is -1.13. The van der Waals surface area contributed by atoms with Crippen molar-refractivity contribution in [3.05, 3.63) is 28.5 Å². The summed E-state index contributed by atoms with van der Waals surface area (Å²) in [6.45, 7) is 3.94. The highest BCUT2D eigenvalue weighted by Gasteiger charge is 2.16. The Morgan fingerprint density at radius 3 is 3.13 bits per heavy atom. The minimum atomic E-state index is 0.895. The molecule has 0 radical (unpaired) electrons. The number of hydrogen-bond donors (Lipinski definition) is 1. The van der Waals surface area contributed by atoms with Crippen LogP contribution >= 0.6 is 11.3 Å². The van der Waals surface area contributed by atoms with Gasteiger partial charge in [-0.15, -0.1) is 11.3 Å². The lowest BCUT2D eigenvalue weighted by molar-refractivity contribution is 0.547. The summed E-state index contributed by atoms with van der Waals surface area (Å²) >= 11 is 1.73. The third-order valence-electron chi connectivity index (χ3n) is 2.55. The molecule has 2 aromatic rings. The van der Waals surface area contributed by atoms with Crippen molar-refractivity contribution in [3.63, 3.8) is 0 Å². The van der Waals surface area contributed by atoms with Crippen LogP contribution in [0.4, 0.5) is 0 Å². The first-order valence-corrected chi connectivity index (χ1v) is 5.91. The fraction of sp³-hybridized carbons (Fsp3) is 0.364. The number of nitrogens with zero attached hydrogens (tertiary/aromatic N) is 1. The van der Waals surface area contributed by atoms with E-state index in [0.717, 1.165) is 36.0 Å². The summed E-state index contributed by atoms with van der Waals surface area (Å²) in [4.78, 5) is 5.97. The van der Waals surface area contributed by atoms with Crippen LogP contribution in [0.3, 0.4) is 0 Å². The van der Waals surface area contributed by atoms with Crippen LogP contribution < -0.4 is 5.32 Å². The lowest BCUT2D eigenvalue weighted by Gasteiger charge is -2.09. The number of aryl methyl sites for hydroxylation is 1. The summed E-state index contributed by atoms with van der Waals surface area (Å²) in [5, 5.41) is 4.36. The van der Waals surface area contributed by atoms with Gasteiger partial charge < -0.3 is 9.73 Å². The van der Waals surface area contributed by atoms with Crippen molar-refractivity contribution >= 4 is 11.3 Å². The molecule has 3 nitrogen and oxygen atoms in total. The topological polar surface area (TPSA) is 38.1 Å². The number of thiazole rings is 1. The molecule has 2 aromatic heterocycles. The van der Waals surface area contributed by atoms with Gasteiger partial charge in [0, 0.05) is 24.4 Å². The van der Waals surface area contributed by atoms with Gasteiger partial charge in [-0.3, -0.25) is 0 Å². The van der Waals surface area contributed by atoms with Crippen molar-refractivity contribution in [1.29, 1.82) is 0 Å². The van der Waals surface area contributed by atoms with Crippen molar-refractivity contribution in [3.8, 4) is 10.8 Å². The van der Waals surface area contributed by atoms with Crippen molar-refractivity contribution in [1.82, 2.24) is 10.3 Å². The largest absolute Gasteiger partial charge is 0.459 e. The molecule has 4 heteroatoms. The predicted octanol–water partition coefficient (Wildman–Crippen LogP) is 2.36. The summed E-state index contributed by atoms with van der Waals surface area (Å²) in [6, 6.07) is 3.97. The highest BCUT2D eigenvalue weighted by Crippen LogP contribution is 2.30. The van der Waals surface area contributed by atoms with E-state index in [-0.39, 0.29) is 0 Å². The van der Waals surface area contributed by atoms with Crippen LogP contribution in [0, 0.1) is 6.92 Å². The molecular formula is C11H12N2OS. The highest BCUT2D eigenvalue weighted by molar-refractivity contribution is 7.15. The molecule has 0 aromatic carbocycles. The van der Waals surface area contributed by atoms with Gasteiger partial charge in [0.2, 0.25) is 0 Å². The van der Waals surface area contributed by atoms with Gasteiger partial charge in [-0.25, -0.2) is 4.98 Å². The average Bonchev–Trinajstić information content (AvgIpc) is 2.82. The predicted molar refractivity (Wildman–Crippen MR) is 60.0 cm³/mol. The van der Waals surface area contributed by atoms with Crippen LogP contribution in [0.2, 0.25) is 0 Å². The Bertz CT molecular complexity index is 463. The fourth-order valence-corrected chi connectivity index (χ4v) is 2.82. The normalized spacial score (nSPS) is 15.3. The van der Waals surface area contributed by atoms with Crippen molar-refractivity contribution in [2.75, 3.05) is 6.54 Å². The smallest absolute Gasteiger partial charge is 0.162 e. The summed E-state index contributed by atoms with van der Waals surface area (Å²) in [6.07, 6.45) is 1.03. The Kier molecular flexibility index (Phi) is 2.11. The molecule has 0 spiro atoms. The molecule has 1 aliphatic heterocycles. The maximum absolute atomic E-state index is 5.57. The minimum absolute atomic E-state index is 0.895. The van der Waals surface area contributed by atoms with E-state index >= 15 is 0 Å². The maximum Gasteiger partial charge on any atom is 0.162 e. The van der Waals surface area contributed by atoms with E-state index in [2.05, 4.69) is 10.3 Å². The summed E-state index contributed by atoms with van der Waals surface area (Å²) in [7, 11) is 0. The molecule has 0 unspecified atom stereocenters. The average molecular weight is 220 g/mol. The molecule has 1 aliphatic rings. The first-order chi connectivity index (χ1) is 7.33. The third-order valence-corrected chi connectivity index (χ3v) is 3.67. The highest BCUT2D eigenvalue weighted by atomic mass is 32.1. The second-order valence-electron chi connectivity index (χ2n) is 3.73. The zero-order valence-electron chi connectivity index (χ0n) is 8.54. The van der Waals surface area contributed by atoms with Gasteiger partial charge in [0.1, 0.15) is 5.76 Å². The second kappa shape index (κ2) is 3.47. The molecule has 0 fully saturated rings. The molecule has 3 heterocycles. The van der Waals surface area contributed by atoms with Crippen LogP contribution in [0.1, 0.15) is 16.3 Å². The zero-order valence-corrected chi connectivity index (χ0v) is 9.36. The Morgan fingerprint density at radius 1 is 1.47 bits per heavy atom. The summed E-state index contributed by atoms with van der Waals surface area (Å²) < 4.78 is 5.57. The van der Waals surface area contributed by atoms with E-state index in [1.54, 1.807) is 11.3 Å². The van der Waals surface area contributed by atoms with E-state index in [0.29, 0.717) is 0 Å². The van der Waals surface area contributed by atoms with E-state index in [9.17, 15) is 0 Å². The van der Waals surface area contributed by atoms with E-state index < -0.39 is 0 Å². The molecule has 1 N–H and O–H groups in total. The Morgan fingerprint density at radius 2 is 2.40 bits per heavy atom. The van der Waals surface area contributed by atoms with Crippen molar-refractivity contribution in [2.45, 2.75) is 19.9 Å². The van der Waals surface area contributed by atoms with Crippen LogP contribution in [0.25, 0.3) is 10.8 Å². The molecule has 15 heavy (non-hydrogen) atoms. The molecule has 78 valence electrons. The zero-order chi connectivity index (χ0) is 10.3. The maximum atomic E-state index is 5.57. The van der Waals surface area contributed by atoms with Gasteiger partial charge in [0.15, 0.2) is 10.8 Å². The van der Waals surface area contributed by atoms with Gasteiger partial charge in [0.25, 0.3) is 0 Å². The van der Waals surface area contributed by atoms with Gasteiger partial charge >= 0.3 is 0 Å². The molecule has 0 saturated heterocycles. The number of rotatable bonds is 1. The second-order valence-corrected chi connectivity index (χ2v) is 4.81. The van der Waals surface area contributed by atoms with Gasteiger partial charge in [-0.1, -0.05) is 0 Å². The number of nitrogens with one attached hydrogen (secondary N) is 1. The van der Waals surface area contributed by atoms with E-state index in [1.165, 1.54) is 10.6 Å².